The highest BCUT2D eigenvalue weighted by Crippen LogP contribution is 2.31. The van der Waals surface area contributed by atoms with Crippen LogP contribution in [0.5, 0.6) is 0 Å². The lowest BCUT2D eigenvalue weighted by molar-refractivity contribution is -0.394. The van der Waals surface area contributed by atoms with E-state index in [1.165, 1.54) is 11.8 Å². The minimum atomic E-state index is -3.55. The van der Waals surface area contributed by atoms with Crippen LogP contribution in [0.4, 0.5) is 11.4 Å². The first kappa shape index (κ1) is 24.8. The summed E-state index contributed by atoms with van der Waals surface area (Å²) in [5.41, 5.74) is -0.0377. The number of sulfonamides is 1. The van der Waals surface area contributed by atoms with Crippen LogP contribution in [-0.4, -0.2) is 45.4 Å². The Labute approximate surface area is 204 Å². The van der Waals surface area contributed by atoms with Crippen LogP contribution in [0.15, 0.2) is 57.0 Å². The van der Waals surface area contributed by atoms with Gasteiger partial charge in [-0.1, -0.05) is 30.3 Å². The summed E-state index contributed by atoms with van der Waals surface area (Å²) < 4.78 is 33.0. The minimum Gasteiger partial charge on any atom is -0.411 e. The summed E-state index contributed by atoms with van der Waals surface area (Å²) in [5.74, 6) is 0.313. The van der Waals surface area contributed by atoms with Crippen molar-refractivity contribution in [2.45, 2.75) is 48.1 Å². The molecule has 1 aliphatic heterocycles. The molecule has 4 rings (SSSR count). The van der Waals surface area contributed by atoms with Crippen LogP contribution in [0.1, 0.15) is 31.7 Å². The number of aromatic nitrogens is 2. The van der Waals surface area contributed by atoms with Crippen LogP contribution in [0.3, 0.4) is 0 Å². The van der Waals surface area contributed by atoms with E-state index in [0.717, 1.165) is 43.0 Å². The van der Waals surface area contributed by atoms with Crippen molar-refractivity contribution in [1.29, 1.82) is 0 Å². The molecule has 0 bridgehead atoms. The molecule has 0 amide bonds. The van der Waals surface area contributed by atoms with Crippen molar-refractivity contribution in [1.82, 2.24) is 14.5 Å². The van der Waals surface area contributed by atoms with Crippen LogP contribution in [-0.2, 0) is 15.8 Å². The highest BCUT2D eigenvalue weighted by molar-refractivity contribution is 7.98. The molecule has 0 saturated carbocycles. The maximum atomic E-state index is 13.0. The quantitative estimate of drug-likeness (QED) is 0.237. The number of rotatable bonds is 8. The molecule has 3 aromatic rings. The number of hydrogen-bond acceptors (Lipinski definition) is 10. The average Bonchev–Trinajstić information content (AvgIpc) is 3.32. The van der Waals surface area contributed by atoms with Gasteiger partial charge < -0.3 is 4.42 Å². The number of thioether (sulfide) groups is 1. The third kappa shape index (κ3) is 5.49. The topological polar surface area (TPSA) is 163 Å². The van der Waals surface area contributed by atoms with E-state index in [-0.39, 0.29) is 27.6 Å². The summed E-state index contributed by atoms with van der Waals surface area (Å²) in [5, 5.41) is 30.1. The molecule has 0 N–H and O–H groups in total. The van der Waals surface area contributed by atoms with E-state index in [9.17, 15) is 28.6 Å². The Hall–Kier alpha value is -3.36. The van der Waals surface area contributed by atoms with Gasteiger partial charge in [0.05, 0.1) is 26.4 Å². The van der Waals surface area contributed by atoms with Gasteiger partial charge in [-0.05, 0) is 37.5 Å². The molecule has 0 spiro atoms. The highest BCUT2D eigenvalue weighted by Gasteiger charge is 2.30. The summed E-state index contributed by atoms with van der Waals surface area (Å²) in [7, 11) is -3.55. The Balaban J connectivity index is 1.45. The van der Waals surface area contributed by atoms with Gasteiger partial charge in [0.1, 0.15) is 0 Å². The Kier molecular flexibility index (Phi) is 7.14. The lowest BCUT2D eigenvalue weighted by atomic mass is 10.1. The zero-order chi connectivity index (χ0) is 25.2. The van der Waals surface area contributed by atoms with Gasteiger partial charge in [0, 0.05) is 30.5 Å². The average molecular weight is 520 g/mol. The predicted octanol–water partition coefficient (Wildman–Crippen LogP) is 4.41. The maximum Gasteiger partial charge on any atom is 0.277 e. The second-order valence-corrected chi connectivity index (χ2v) is 10.8. The second kappa shape index (κ2) is 10.1. The molecule has 2 heterocycles. The molecular weight excluding hydrogens is 498 g/mol. The Bertz CT molecular complexity index is 1330. The van der Waals surface area contributed by atoms with Crippen LogP contribution in [0.2, 0.25) is 0 Å². The van der Waals surface area contributed by atoms with Gasteiger partial charge in [-0.25, -0.2) is 8.42 Å². The summed E-state index contributed by atoms with van der Waals surface area (Å²) in [4.78, 5) is 20.9. The fourth-order valence-electron chi connectivity index (χ4n) is 3.78. The predicted molar refractivity (Wildman–Crippen MR) is 126 cm³/mol. The van der Waals surface area contributed by atoms with E-state index < -0.39 is 31.2 Å². The molecule has 1 atom stereocenters. The number of nitro groups is 2. The minimum absolute atomic E-state index is 0.0248. The Morgan fingerprint density at radius 1 is 1.06 bits per heavy atom. The summed E-state index contributed by atoms with van der Waals surface area (Å²) in [6, 6.07) is 9.66. The SMILES string of the molecule is CC1CCCCN1S(=O)(=O)c1ccc(CSc2nnc(-c3cc([N+](=O)[O-])cc([N+](=O)[O-])c3)o2)cc1. The lowest BCUT2D eigenvalue weighted by Crippen LogP contribution is -2.41. The van der Waals surface area contributed by atoms with Crippen LogP contribution >= 0.6 is 11.8 Å². The van der Waals surface area contributed by atoms with Crippen molar-refractivity contribution in [3.05, 3.63) is 68.3 Å². The molecule has 1 fully saturated rings. The van der Waals surface area contributed by atoms with E-state index in [2.05, 4.69) is 10.2 Å². The van der Waals surface area contributed by atoms with Gasteiger partial charge in [-0.15, -0.1) is 10.2 Å². The molecule has 12 nitrogen and oxygen atoms in total. The number of hydrogen-bond donors (Lipinski definition) is 0. The fourth-order valence-corrected chi connectivity index (χ4v) is 6.20. The molecule has 1 aliphatic rings. The Morgan fingerprint density at radius 3 is 2.31 bits per heavy atom. The van der Waals surface area contributed by atoms with Gasteiger partial charge in [-0.3, -0.25) is 20.2 Å². The van der Waals surface area contributed by atoms with Crippen molar-refractivity contribution < 1.29 is 22.7 Å². The molecule has 35 heavy (non-hydrogen) atoms. The Morgan fingerprint density at radius 2 is 1.71 bits per heavy atom. The van der Waals surface area contributed by atoms with Crippen LogP contribution in [0, 0.1) is 20.2 Å². The standard InChI is InChI=1S/C21H21N5O7S2/c1-14-4-2-3-9-24(14)35(31,32)19-7-5-15(6-8-19)13-34-21-23-22-20(33-21)16-10-17(25(27)28)12-18(11-16)26(29)30/h5-8,10-12,14H,2-4,9,13H2,1H3. The van der Waals surface area contributed by atoms with E-state index in [1.807, 2.05) is 6.92 Å². The molecular formula is C21H21N5O7S2. The van der Waals surface area contributed by atoms with Crippen molar-refractivity contribution in [2.75, 3.05) is 6.54 Å². The number of benzene rings is 2. The van der Waals surface area contributed by atoms with E-state index in [0.29, 0.717) is 12.3 Å². The zero-order valence-corrected chi connectivity index (χ0v) is 20.2. The number of nitrogens with zero attached hydrogens (tertiary/aromatic N) is 5. The van der Waals surface area contributed by atoms with Gasteiger partial charge in [-0.2, -0.15) is 4.31 Å². The third-order valence-corrected chi connectivity index (χ3v) is 8.53. The zero-order valence-electron chi connectivity index (χ0n) is 18.6. The van der Waals surface area contributed by atoms with E-state index in [4.69, 9.17) is 4.42 Å². The lowest BCUT2D eigenvalue weighted by Gasteiger charge is -2.32. The molecule has 1 saturated heterocycles. The van der Waals surface area contributed by atoms with Gasteiger partial charge in [0.15, 0.2) is 0 Å². The third-order valence-electron chi connectivity index (χ3n) is 5.61. The molecule has 2 aromatic carbocycles. The maximum absolute atomic E-state index is 13.0. The fraction of sp³-hybridized carbons (Fsp3) is 0.333. The molecule has 0 aliphatic carbocycles. The van der Waals surface area contributed by atoms with Gasteiger partial charge in [0.2, 0.25) is 15.9 Å². The first-order valence-electron chi connectivity index (χ1n) is 10.7. The van der Waals surface area contributed by atoms with Crippen molar-refractivity contribution in [3.8, 4) is 11.5 Å². The smallest absolute Gasteiger partial charge is 0.277 e. The van der Waals surface area contributed by atoms with Crippen molar-refractivity contribution in [3.63, 3.8) is 0 Å². The monoisotopic (exact) mass is 519 g/mol. The normalized spacial score (nSPS) is 16.8. The van der Waals surface area contributed by atoms with Crippen molar-refractivity contribution in [2.24, 2.45) is 0 Å². The van der Waals surface area contributed by atoms with Crippen molar-refractivity contribution >= 4 is 33.2 Å². The molecule has 1 unspecified atom stereocenters. The van der Waals surface area contributed by atoms with E-state index >= 15 is 0 Å². The molecule has 0 radical (unpaired) electrons. The van der Waals surface area contributed by atoms with E-state index in [1.54, 1.807) is 28.6 Å². The number of piperidine rings is 1. The summed E-state index contributed by atoms with van der Waals surface area (Å²) in [6.07, 6.45) is 2.73. The van der Waals surface area contributed by atoms with Gasteiger partial charge >= 0.3 is 0 Å². The summed E-state index contributed by atoms with van der Waals surface area (Å²) in [6.45, 7) is 2.44. The van der Waals surface area contributed by atoms with Crippen LogP contribution in [0.25, 0.3) is 11.5 Å². The highest BCUT2D eigenvalue weighted by atomic mass is 32.2. The second-order valence-electron chi connectivity index (χ2n) is 8.02. The van der Waals surface area contributed by atoms with Crippen LogP contribution < -0.4 is 0 Å². The largest absolute Gasteiger partial charge is 0.411 e. The molecule has 184 valence electrons. The number of nitro benzene ring substituents is 2. The molecule has 1 aromatic heterocycles. The van der Waals surface area contributed by atoms with Gasteiger partial charge in [0.25, 0.3) is 16.6 Å². The first-order chi connectivity index (χ1) is 16.6. The first-order valence-corrected chi connectivity index (χ1v) is 13.1. The number of non-ortho nitro benzene ring substituents is 2. The summed E-state index contributed by atoms with van der Waals surface area (Å²) >= 11 is 1.18. The molecule has 14 heteroatoms.